The molecule has 2 heterocycles. The highest BCUT2D eigenvalue weighted by Gasteiger charge is 2.25. The number of hydrogen-bond donors (Lipinski definition) is 2. The van der Waals surface area contributed by atoms with Crippen molar-refractivity contribution in [2.75, 3.05) is 32.5 Å². The number of aliphatic imine (C=N–C) groups is 1. The highest BCUT2D eigenvalue weighted by atomic mass is 32.2. The molecule has 0 amide bonds. The monoisotopic (exact) mass is 366 g/mol. The molecule has 0 radical (unpaired) electrons. The van der Waals surface area contributed by atoms with Gasteiger partial charge in [0.2, 0.25) is 10.0 Å². The maximum absolute atomic E-state index is 11.5. The van der Waals surface area contributed by atoms with Gasteiger partial charge in [-0.25, -0.2) is 12.7 Å². The van der Waals surface area contributed by atoms with Gasteiger partial charge in [-0.15, -0.1) is 0 Å². The molecule has 2 aliphatic rings. The number of nitrogens with zero attached hydrogens (tertiary/aromatic N) is 2. The van der Waals surface area contributed by atoms with Crippen LogP contribution in [0.2, 0.25) is 0 Å². The maximum Gasteiger partial charge on any atom is 0.211 e. The van der Waals surface area contributed by atoms with Crippen LogP contribution in [0, 0.1) is 5.92 Å². The molecule has 1 aromatic carbocycles. The number of piperidine rings is 1. The van der Waals surface area contributed by atoms with E-state index in [0.717, 1.165) is 30.6 Å². The average molecular weight is 366 g/mol. The summed E-state index contributed by atoms with van der Waals surface area (Å²) in [7, 11) is -3.08. The zero-order valence-corrected chi connectivity index (χ0v) is 15.3. The molecule has 8 heteroatoms. The molecule has 1 saturated heterocycles. The van der Waals surface area contributed by atoms with Gasteiger partial charge >= 0.3 is 0 Å². The number of hydrogen-bond acceptors (Lipinski definition) is 4. The molecule has 0 bridgehead atoms. The van der Waals surface area contributed by atoms with E-state index in [1.54, 1.807) is 0 Å². The van der Waals surface area contributed by atoms with Crippen LogP contribution in [-0.4, -0.2) is 51.2 Å². The van der Waals surface area contributed by atoms with Crippen molar-refractivity contribution in [3.63, 3.8) is 0 Å². The topological polar surface area (TPSA) is 97.0 Å². The van der Waals surface area contributed by atoms with Gasteiger partial charge in [0.25, 0.3) is 0 Å². The SMILES string of the molecule is CS(=O)(=O)N1CCC(CN=C(N)NC2CCOc3ccccc32)CC1. The standard InChI is InChI=1S/C17H26N4O3S/c1-25(22,23)21-9-6-13(7-10-21)12-19-17(18)20-15-8-11-24-16-5-3-2-4-14(15)16/h2-5,13,15H,6-12H2,1H3,(H3,18,19,20). The molecular formula is C17H26N4O3S. The molecular weight excluding hydrogens is 340 g/mol. The fourth-order valence-electron chi connectivity index (χ4n) is 3.37. The lowest BCUT2D eigenvalue weighted by Crippen LogP contribution is -2.39. The van der Waals surface area contributed by atoms with Crippen molar-refractivity contribution in [3.8, 4) is 5.75 Å². The van der Waals surface area contributed by atoms with Crippen LogP contribution >= 0.6 is 0 Å². The van der Waals surface area contributed by atoms with Crippen LogP contribution in [0.4, 0.5) is 0 Å². The summed E-state index contributed by atoms with van der Waals surface area (Å²) in [4.78, 5) is 4.48. The predicted molar refractivity (Wildman–Crippen MR) is 98.1 cm³/mol. The van der Waals surface area contributed by atoms with Gasteiger partial charge in [0.05, 0.1) is 18.9 Å². The van der Waals surface area contributed by atoms with Crippen molar-refractivity contribution >= 4 is 16.0 Å². The Hall–Kier alpha value is -1.80. The Labute approximate surface area is 149 Å². The summed E-state index contributed by atoms with van der Waals surface area (Å²) < 4.78 is 30.3. The Morgan fingerprint density at radius 2 is 2.04 bits per heavy atom. The second-order valence-corrected chi connectivity index (χ2v) is 8.69. The second-order valence-electron chi connectivity index (χ2n) is 6.70. The first kappa shape index (κ1) is 18.0. The normalized spacial score (nSPS) is 22.9. The molecule has 0 saturated carbocycles. The number of guanidine groups is 1. The Bertz CT molecular complexity index is 727. The summed E-state index contributed by atoms with van der Waals surface area (Å²) in [5, 5.41) is 3.29. The first-order valence-electron chi connectivity index (χ1n) is 8.67. The first-order chi connectivity index (χ1) is 11.9. The minimum atomic E-state index is -3.08. The molecule has 3 rings (SSSR count). The summed E-state index contributed by atoms with van der Waals surface area (Å²) in [6, 6.07) is 8.07. The van der Waals surface area contributed by atoms with Crippen LogP contribution in [0.25, 0.3) is 0 Å². The Balaban J connectivity index is 1.52. The van der Waals surface area contributed by atoms with Gasteiger partial charge in [-0.05, 0) is 24.8 Å². The molecule has 0 spiro atoms. The molecule has 2 aliphatic heterocycles. The number of nitrogens with one attached hydrogen (secondary N) is 1. The molecule has 3 N–H and O–H groups in total. The van der Waals surface area contributed by atoms with Crippen LogP contribution in [0.1, 0.15) is 30.9 Å². The van der Waals surface area contributed by atoms with Crippen LogP contribution in [0.3, 0.4) is 0 Å². The van der Waals surface area contributed by atoms with E-state index in [4.69, 9.17) is 10.5 Å². The lowest BCUT2D eigenvalue weighted by Gasteiger charge is -2.29. The van der Waals surface area contributed by atoms with Crippen molar-refractivity contribution in [3.05, 3.63) is 29.8 Å². The van der Waals surface area contributed by atoms with Gasteiger partial charge in [0.1, 0.15) is 5.75 Å². The van der Waals surface area contributed by atoms with E-state index in [9.17, 15) is 8.42 Å². The predicted octanol–water partition coefficient (Wildman–Crippen LogP) is 1.09. The number of para-hydroxylation sites is 1. The highest BCUT2D eigenvalue weighted by Crippen LogP contribution is 2.31. The zero-order chi connectivity index (χ0) is 17.9. The maximum atomic E-state index is 11.5. The molecule has 1 aromatic rings. The van der Waals surface area contributed by atoms with Crippen molar-refractivity contribution in [1.29, 1.82) is 0 Å². The van der Waals surface area contributed by atoms with E-state index in [0.29, 0.717) is 38.1 Å². The second kappa shape index (κ2) is 7.61. The van der Waals surface area contributed by atoms with Crippen molar-refractivity contribution in [2.45, 2.75) is 25.3 Å². The molecule has 0 aromatic heterocycles. The highest BCUT2D eigenvalue weighted by molar-refractivity contribution is 7.88. The van der Waals surface area contributed by atoms with Crippen LogP contribution in [-0.2, 0) is 10.0 Å². The fraction of sp³-hybridized carbons (Fsp3) is 0.588. The summed E-state index contributed by atoms with van der Waals surface area (Å²) in [6.07, 6.45) is 3.76. The summed E-state index contributed by atoms with van der Waals surface area (Å²) in [5.74, 6) is 1.71. The van der Waals surface area contributed by atoms with E-state index in [1.165, 1.54) is 10.6 Å². The van der Waals surface area contributed by atoms with E-state index < -0.39 is 10.0 Å². The van der Waals surface area contributed by atoms with Gasteiger partial charge in [0, 0.05) is 31.6 Å². The number of nitrogens with two attached hydrogens (primary N) is 1. The Kier molecular flexibility index (Phi) is 5.48. The molecule has 138 valence electrons. The summed E-state index contributed by atoms with van der Waals surface area (Å²) in [6.45, 7) is 2.42. The number of ether oxygens (including phenoxy) is 1. The van der Waals surface area contributed by atoms with Crippen LogP contribution in [0.5, 0.6) is 5.75 Å². The lowest BCUT2D eigenvalue weighted by atomic mass is 9.98. The molecule has 1 unspecified atom stereocenters. The van der Waals surface area contributed by atoms with Gasteiger partial charge in [0.15, 0.2) is 5.96 Å². The van der Waals surface area contributed by atoms with E-state index >= 15 is 0 Å². The summed E-state index contributed by atoms with van der Waals surface area (Å²) in [5.41, 5.74) is 7.17. The molecule has 7 nitrogen and oxygen atoms in total. The third-order valence-electron chi connectivity index (χ3n) is 4.84. The number of fused-ring (bicyclic) bond motifs is 1. The Morgan fingerprint density at radius 3 is 2.76 bits per heavy atom. The number of rotatable bonds is 4. The van der Waals surface area contributed by atoms with Crippen molar-refractivity contribution in [1.82, 2.24) is 9.62 Å². The fourth-order valence-corrected chi connectivity index (χ4v) is 4.24. The third kappa shape index (κ3) is 4.64. The average Bonchev–Trinajstić information content (AvgIpc) is 2.60. The third-order valence-corrected chi connectivity index (χ3v) is 6.15. The number of benzene rings is 1. The zero-order valence-electron chi connectivity index (χ0n) is 14.5. The molecule has 1 fully saturated rings. The first-order valence-corrected chi connectivity index (χ1v) is 10.5. The molecule has 25 heavy (non-hydrogen) atoms. The largest absolute Gasteiger partial charge is 0.493 e. The Morgan fingerprint density at radius 1 is 1.32 bits per heavy atom. The van der Waals surface area contributed by atoms with Gasteiger partial charge in [-0.1, -0.05) is 18.2 Å². The van der Waals surface area contributed by atoms with E-state index in [1.807, 2.05) is 24.3 Å². The van der Waals surface area contributed by atoms with E-state index in [2.05, 4.69) is 10.3 Å². The minimum absolute atomic E-state index is 0.112. The minimum Gasteiger partial charge on any atom is -0.493 e. The molecule has 0 aliphatic carbocycles. The number of sulfonamides is 1. The molecule has 1 atom stereocenters. The smallest absolute Gasteiger partial charge is 0.211 e. The quantitative estimate of drug-likeness (QED) is 0.614. The van der Waals surface area contributed by atoms with Gasteiger partial charge < -0.3 is 15.8 Å². The van der Waals surface area contributed by atoms with E-state index in [-0.39, 0.29) is 6.04 Å². The lowest BCUT2D eigenvalue weighted by molar-refractivity contribution is 0.261. The van der Waals surface area contributed by atoms with Gasteiger partial charge in [-0.3, -0.25) is 4.99 Å². The van der Waals surface area contributed by atoms with Crippen molar-refractivity contribution in [2.24, 2.45) is 16.6 Å². The van der Waals surface area contributed by atoms with Crippen LogP contribution in [0.15, 0.2) is 29.3 Å². The van der Waals surface area contributed by atoms with Crippen LogP contribution < -0.4 is 15.8 Å². The van der Waals surface area contributed by atoms with Crippen molar-refractivity contribution < 1.29 is 13.2 Å². The van der Waals surface area contributed by atoms with Gasteiger partial charge in [-0.2, -0.15) is 0 Å². The summed E-state index contributed by atoms with van der Waals surface area (Å²) >= 11 is 0.